The summed E-state index contributed by atoms with van der Waals surface area (Å²) in [5.41, 5.74) is 3.22. The Labute approximate surface area is 156 Å². The Balaban J connectivity index is 2.03. The van der Waals surface area contributed by atoms with Gasteiger partial charge in [0, 0.05) is 29.9 Å². The summed E-state index contributed by atoms with van der Waals surface area (Å²) in [6.07, 6.45) is 2.69. The Bertz CT molecular complexity index is 922. The van der Waals surface area contributed by atoms with E-state index in [2.05, 4.69) is 10.1 Å². The van der Waals surface area contributed by atoms with Gasteiger partial charge in [-0.2, -0.15) is 5.10 Å². The Morgan fingerprint density at radius 1 is 1.27 bits per heavy atom. The van der Waals surface area contributed by atoms with Crippen LogP contribution >= 0.6 is 11.6 Å². The molecule has 0 saturated carbocycles. The first-order chi connectivity index (χ1) is 12.1. The summed E-state index contributed by atoms with van der Waals surface area (Å²) in [6, 6.07) is 0. The lowest BCUT2D eigenvalue weighted by Gasteiger charge is -2.02. The number of carbonyl (C=O) groups excluding carboxylic acids is 3. The van der Waals surface area contributed by atoms with E-state index in [0.717, 1.165) is 0 Å². The van der Waals surface area contributed by atoms with Crippen molar-refractivity contribution in [2.45, 2.75) is 27.7 Å². The maximum Gasteiger partial charge on any atom is 0.331 e. The summed E-state index contributed by atoms with van der Waals surface area (Å²) < 4.78 is 6.48. The number of halogens is 1. The minimum atomic E-state index is -0.676. The molecule has 26 heavy (non-hydrogen) atoms. The predicted octanol–water partition coefficient (Wildman–Crippen LogP) is 2.97. The van der Waals surface area contributed by atoms with E-state index >= 15 is 0 Å². The highest BCUT2D eigenvalue weighted by molar-refractivity contribution is 6.31. The number of ketones is 2. The minimum absolute atomic E-state index is 0.126. The highest BCUT2D eigenvalue weighted by atomic mass is 35.5. The number of rotatable bonds is 6. The van der Waals surface area contributed by atoms with E-state index in [1.807, 2.05) is 0 Å². The minimum Gasteiger partial charge on any atom is -0.454 e. The molecule has 0 aliphatic heterocycles. The van der Waals surface area contributed by atoms with Gasteiger partial charge in [-0.25, -0.2) is 4.79 Å². The Hall–Kier alpha value is -2.67. The number of carbonyl (C=O) groups is 3. The molecule has 7 nitrogen and oxygen atoms in total. The van der Waals surface area contributed by atoms with Crippen LogP contribution in [0.25, 0.3) is 6.08 Å². The van der Waals surface area contributed by atoms with E-state index in [0.29, 0.717) is 33.2 Å². The summed E-state index contributed by atoms with van der Waals surface area (Å²) in [6.45, 7) is 6.18. The summed E-state index contributed by atoms with van der Waals surface area (Å²) in [4.78, 5) is 38.6. The Kier molecular flexibility index (Phi) is 5.82. The van der Waals surface area contributed by atoms with Crippen molar-refractivity contribution in [3.05, 3.63) is 45.0 Å². The number of ether oxygens (including phenoxy) is 1. The third-order valence-corrected chi connectivity index (χ3v) is 4.44. The molecule has 2 aromatic heterocycles. The molecule has 0 aromatic carbocycles. The second-order valence-electron chi connectivity index (χ2n) is 5.96. The van der Waals surface area contributed by atoms with Crippen LogP contribution in [-0.4, -0.2) is 38.9 Å². The van der Waals surface area contributed by atoms with E-state index in [4.69, 9.17) is 16.3 Å². The van der Waals surface area contributed by atoms with Crippen LogP contribution in [0.1, 0.15) is 50.3 Å². The zero-order valence-corrected chi connectivity index (χ0v) is 16.0. The van der Waals surface area contributed by atoms with Crippen LogP contribution in [0.15, 0.2) is 6.08 Å². The second-order valence-corrected chi connectivity index (χ2v) is 6.32. The van der Waals surface area contributed by atoms with Crippen molar-refractivity contribution in [1.29, 1.82) is 0 Å². The number of aromatic nitrogens is 3. The Morgan fingerprint density at radius 2 is 1.92 bits per heavy atom. The van der Waals surface area contributed by atoms with Crippen LogP contribution in [-0.2, 0) is 16.6 Å². The normalized spacial score (nSPS) is 11.2. The number of hydrogen-bond acceptors (Lipinski definition) is 5. The fraction of sp³-hybridized carbons (Fsp3) is 0.333. The molecule has 0 aliphatic rings. The Morgan fingerprint density at radius 3 is 2.42 bits per heavy atom. The molecular formula is C18H20ClN3O4. The highest BCUT2D eigenvalue weighted by Crippen LogP contribution is 2.20. The van der Waals surface area contributed by atoms with Gasteiger partial charge < -0.3 is 9.72 Å². The van der Waals surface area contributed by atoms with Gasteiger partial charge in [0.05, 0.1) is 11.4 Å². The van der Waals surface area contributed by atoms with Crippen molar-refractivity contribution < 1.29 is 19.1 Å². The van der Waals surface area contributed by atoms with Crippen molar-refractivity contribution >= 4 is 35.2 Å². The zero-order chi connectivity index (χ0) is 19.6. The quantitative estimate of drug-likeness (QED) is 0.474. The summed E-state index contributed by atoms with van der Waals surface area (Å²) in [7, 11) is 1.69. The lowest BCUT2D eigenvalue weighted by molar-refractivity contribution is -0.136. The molecule has 2 rings (SSSR count). The molecule has 0 atom stereocenters. The van der Waals surface area contributed by atoms with Gasteiger partial charge in [0.15, 0.2) is 12.4 Å². The third kappa shape index (κ3) is 3.94. The van der Waals surface area contributed by atoms with Crippen LogP contribution in [0.5, 0.6) is 0 Å². The molecule has 0 aliphatic carbocycles. The first-order valence-electron chi connectivity index (χ1n) is 7.90. The van der Waals surface area contributed by atoms with Gasteiger partial charge in [0.2, 0.25) is 5.78 Å². The number of hydrogen-bond donors (Lipinski definition) is 1. The third-order valence-electron chi connectivity index (χ3n) is 4.00. The van der Waals surface area contributed by atoms with Crippen LogP contribution < -0.4 is 0 Å². The van der Waals surface area contributed by atoms with E-state index in [1.165, 1.54) is 23.8 Å². The van der Waals surface area contributed by atoms with Gasteiger partial charge in [-0.15, -0.1) is 0 Å². The molecule has 0 amide bonds. The van der Waals surface area contributed by atoms with E-state index in [-0.39, 0.29) is 11.5 Å². The van der Waals surface area contributed by atoms with Gasteiger partial charge in [-0.05, 0) is 39.3 Å². The van der Waals surface area contributed by atoms with Gasteiger partial charge in [-0.3, -0.25) is 14.3 Å². The molecule has 2 heterocycles. The number of Topliss-reactive ketones (excluding diaryl/α,β-unsaturated/α-hetero) is 2. The molecule has 2 aromatic rings. The van der Waals surface area contributed by atoms with Gasteiger partial charge >= 0.3 is 5.97 Å². The maximum atomic E-state index is 12.3. The molecule has 0 spiro atoms. The molecule has 0 unspecified atom stereocenters. The predicted molar refractivity (Wildman–Crippen MR) is 97.5 cm³/mol. The highest BCUT2D eigenvalue weighted by Gasteiger charge is 2.20. The number of H-pyrrole nitrogens is 1. The molecule has 1 N–H and O–H groups in total. The van der Waals surface area contributed by atoms with Crippen molar-refractivity contribution in [2.24, 2.45) is 7.05 Å². The topological polar surface area (TPSA) is 94.0 Å². The van der Waals surface area contributed by atoms with Crippen LogP contribution in [0.3, 0.4) is 0 Å². The standard InChI is InChI=1S/C18H20ClN3O4/c1-9-16(12(4)23)11(3)20-17(9)14(24)8-26-15(25)7-6-13-10(2)21-22(5)18(13)19/h6-7,20H,8H2,1-5H3/b7-6+. The number of nitrogens with zero attached hydrogens (tertiary/aromatic N) is 2. The molecule has 0 radical (unpaired) electrons. The van der Waals surface area contributed by atoms with Crippen molar-refractivity contribution in [1.82, 2.24) is 14.8 Å². The maximum absolute atomic E-state index is 12.3. The monoisotopic (exact) mass is 377 g/mol. The molecule has 8 heteroatoms. The largest absolute Gasteiger partial charge is 0.454 e. The van der Waals surface area contributed by atoms with Crippen molar-refractivity contribution in [2.75, 3.05) is 6.61 Å². The average molecular weight is 378 g/mol. The van der Waals surface area contributed by atoms with Crippen molar-refractivity contribution in [3.8, 4) is 0 Å². The molecule has 0 saturated heterocycles. The average Bonchev–Trinajstić information content (AvgIpc) is 2.99. The number of nitrogens with one attached hydrogen (secondary N) is 1. The number of aryl methyl sites for hydroxylation is 3. The lowest BCUT2D eigenvalue weighted by atomic mass is 10.1. The summed E-state index contributed by atoms with van der Waals surface area (Å²) in [5, 5.41) is 4.53. The van der Waals surface area contributed by atoms with Crippen LogP contribution in [0.2, 0.25) is 5.15 Å². The lowest BCUT2D eigenvalue weighted by Crippen LogP contribution is -2.14. The van der Waals surface area contributed by atoms with E-state index < -0.39 is 18.4 Å². The van der Waals surface area contributed by atoms with Gasteiger partial charge in [0.25, 0.3) is 0 Å². The fourth-order valence-corrected chi connectivity index (χ4v) is 3.04. The van der Waals surface area contributed by atoms with E-state index in [9.17, 15) is 14.4 Å². The first kappa shape index (κ1) is 19.7. The smallest absolute Gasteiger partial charge is 0.331 e. The summed E-state index contributed by atoms with van der Waals surface area (Å²) in [5.74, 6) is -1.21. The number of aromatic amines is 1. The zero-order valence-electron chi connectivity index (χ0n) is 15.3. The second kappa shape index (κ2) is 7.70. The fourth-order valence-electron chi connectivity index (χ4n) is 2.80. The van der Waals surface area contributed by atoms with Gasteiger partial charge in [0.1, 0.15) is 5.15 Å². The van der Waals surface area contributed by atoms with Gasteiger partial charge in [-0.1, -0.05) is 11.6 Å². The van der Waals surface area contributed by atoms with Crippen molar-refractivity contribution in [3.63, 3.8) is 0 Å². The van der Waals surface area contributed by atoms with Crippen LogP contribution in [0, 0.1) is 20.8 Å². The molecule has 0 fully saturated rings. The first-order valence-corrected chi connectivity index (χ1v) is 8.28. The van der Waals surface area contributed by atoms with E-state index in [1.54, 1.807) is 27.8 Å². The van der Waals surface area contributed by atoms with Crippen LogP contribution in [0.4, 0.5) is 0 Å². The summed E-state index contributed by atoms with van der Waals surface area (Å²) >= 11 is 6.08. The molecule has 138 valence electrons. The SMILES string of the molecule is CC(=O)c1c(C)[nH]c(C(=O)COC(=O)/C=C/c2c(C)nn(C)c2Cl)c1C. The number of esters is 1. The molecule has 0 bridgehead atoms. The molecular weight excluding hydrogens is 358 g/mol.